The zero-order chi connectivity index (χ0) is 18.4. The summed E-state index contributed by atoms with van der Waals surface area (Å²) in [6.45, 7) is 5.14. The molecule has 0 atom stereocenters. The lowest BCUT2D eigenvalue weighted by Gasteiger charge is -2.21. The normalized spacial score (nSPS) is 10.4. The minimum atomic E-state index is -0.00675. The van der Waals surface area contributed by atoms with Gasteiger partial charge in [0, 0.05) is 17.8 Å². The van der Waals surface area contributed by atoms with Crippen LogP contribution >= 0.6 is 0 Å². The monoisotopic (exact) mass is 345 g/mol. The van der Waals surface area contributed by atoms with Crippen molar-refractivity contribution in [2.24, 2.45) is 0 Å². The molecule has 0 radical (unpaired) electrons. The van der Waals surface area contributed by atoms with Gasteiger partial charge in [-0.2, -0.15) is 0 Å². The minimum absolute atomic E-state index is 0.00675. The van der Waals surface area contributed by atoms with E-state index in [9.17, 15) is 4.79 Å². The van der Waals surface area contributed by atoms with Gasteiger partial charge in [0.1, 0.15) is 12.4 Å². The second kappa shape index (κ2) is 8.34. The Morgan fingerprint density at radius 3 is 2.31 bits per heavy atom. The zero-order valence-corrected chi connectivity index (χ0v) is 15.2. The SMILES string of the molecule is CCN(C(=O)c1ccc(OCc2ccccc2)cc1)c1cccc(C)c1. The van der Waals surface area contributed by atoms with Crippen LogP contribution in [-0.2, 0) is 6.61 Å². The van der Waals surface area contributed by atoms with Gasteiger partial charge < -0.3 is 9.64 Å². The van der Waals surface area contributed by atoms with E-state index in [1.807, 2.05) is 92.7 Å². The van der Waals surface area contributed by atoms with Crippen molar-refractivity contribution in [1.82, 2.24) is 0 Å². The van der Waals surface area contributed by atoms with Gasteiger partial charge >= 0.3 is 0 Å². The quantitative estimate of drug-likeness (QED) is 0.611. The highest BCUT2D eigenvalue weighted by Crippen LogP contribution is 2.20. The molecule has 0 aliphatic heterocycles. The first-order valence-electron chi connectivity index (χ1n) is 8.82. The summed E-state index contributed by atoms with van der Waals surface area (Å²) >= 11 is 0. The van der Waals surface area contributed by atoms with Crippen LogP contribution in [0.3, 0.4) is 0 Å². The Hall–Kier alpha value is -3.07. The Labute approximate surface area is 154 Å². The van der Waals surface area contributed by atoms with E-state index in [4.69, 9.17) is 4.74 Å². The van der Waals surface area contributed by atoms with Crippen molar-refractivity contribution in [3.8, 4) is 5.75 Å². The minimum Gasteiger partial charge on any atom is -0.489 e. The number of amides is 1. The lowest BCUT2D eigenvalue weighted by Crippen LogP contribution is -2.30. The molecule has 0 aliphatic carbocycles. The summed E-state index contributed by atoms with van der Waals surface area (Å²) in [5.41, 5.74) is 3.82. The van der Waals surface area contributed by atoms with Crippen LogP contribution in [0.25, 0.3) is 0 Å². The van der Waals surface area contributed by atoms with E-state index in [0.29, 0.717) is 18.7 Å². The summed E-state index contributed by atoms with van der Waals surface area (Å²) in [4.78, 5) is 14.6. The topological polar surface area (TPSA) is 29.5 Å². The van der Waals surface area contributed by atoms with Crippen molar-refractivity contribution in [1.29, 1.82) is 0 Å². The van der Waals surface area contributed by atoms with Gasteiger partial charge in [-0.1, -0.05) is 42.5 Å². The molecule has 0 aromatic heterocycles. The Balaban J connectivity index is 1.69. The summed E-state index contributed by atoms with van der Waals surface area (Å²) < 4.78 is 5.79. The average molecular weight is 345 g/mol. The maximum absolute atomic E-state index is 12.9. The molecule has 0 saturated heterocycles. The van der Waals surface area contributed by atoms with E-state index in [1.165, 1.54) is 0 Å². The molecule has 26 heavy (non-hydrogen) atoms. The zero-order valence-electron chi connectivity index (χ0n) is 15.2. The fourth-order valence-corrected chi connectivity index (χ4v) is 2.83. The Kier molecular flexibility index (Phi) is 5.69. The summed E-state index contributed by atoms with van der Waals surface area (Å²) in [5.74, 6) is 0.747. The molecule has 0 saturated carbocycles. The van der Waals surface area contributed by atoms with Gasteiger partial charge in [-0.15, -0.1) is 0 Å². The lowest BCUT2D eigenvalue weighted by atomic mass is 10.1. The molecule has 0 N–H and O–H groups in total. The molecular weight excluding hydrogens is 322 g/mol. The van der Waals surface area contributed by atoms with Crippen LogP contribution in [-0.4, -0.2) is 12.5 Å². The highest BCUT2D eigenvalue weighted by atomic mass is 16.5. The van der Waals surface area contributed by atoms with Gasteiger partial charge in [0.05, 0.1) is 0 Å². The second-order valence-corrected chi connectivity index (χ2v) is 6.19. The van der Waals surface area contributed by atoms with Gasteiger partial charge in [0.2, 0.25) is 0 Å². The summed E-state index contributed by atoms with van der Waals surface area (Å²) in [5, 5.41) is 0. The molecule has 0 heterocycles. The first kappa shape index (κ1) is 17.7. The number of ether oxygens (including phenoxy) is 1. The number of hydrogen-bond acceptors (Lipinski definition) is 2. The Bertz CT molecular complexity index is 857. The molecule has 0 unspecified atom stereocenters. The summed E-state index contributed by atoms with van der Waals surface area (Å²) in [6, 6.07) is 25.3. The van der Waals surface area contributed by atoms with Crippen LogP contribution in [0, 0.1) is 6.92 Å². The number of rotatable bonds is 6. The maximum Gasteiger partial charge on any atom is 0.258 e. The van der Waals surface area contributed by atoms with Gasteiger partial charge in [-0.05, 0) is 61.4 Å². The van der Waals surface area contributed by atoms with Gasteiger partial charge in [0.15, 0.2) is 0 Å². The predicted octanol–water partition coefficient (Wildman–Crippen LogP) is 5.24. The van der Waals surface area contributed by atoms with E-state index < -0.39 is 0 Å². The van der Waals surface area contributed by atoms with Crippen molar-refractivity contribution in [2.45, 2.75) is 20.5 Å². The number of benzene rings is 3. The second-order valence-electron chi connectivity index (χ2n) is 6.19. The predicted molar refractivity (Wildman–Crippen MR) is 106 cm³/mol. The van der Waals surface area contributed by atoms with Gasteiger partial charge in [0.25, 0.3) is 5.91 Å². The largest absolute Gasteiger partial charge is 0.489 e. The highest BCUT2D eigenvalue weighted by molar-refractivity contribution is 6.06. The van der Waals surface area contributed by atoms with Crippen molar-refractivity contribution in [2.75, 3.05) is 11.4 Å². The van der Waals surface area contributed by atoms with Crippen molar-refractivity contribution in [3.63, 3.8) is 0 Å². The van der Waals surface area contributed by atoms with Crippen molar-refractivity contribution < 1.29 is 9.53 Å². The van der Waals surface area contributed by atoms with E-state index in [1.54, 1.807) is 4.90 Å². The summed E-state index contributed by atoms with van der Waals surface area (Å²) in [7, 11) is 0. The molecule has 0 bridgehead atoms. The molecular formula is C23H23NO2. The molecule has 3 heteroatoms. The molecule has 3 aromatic rings. The number of nitrogens with zero attached hydrogens (tertiary/aromatic N) is 1. The van der Waals surface area contributed by atoms with Crippen molar-refractivity contribution >= 4 is 11.6 Å². The molecule has 132 valence electrons. The van der Waals surface area contributed by atoms with Crippen LogP contribution in [0.15, 0.2) is 78.9 Å². The molecule has 0 fully saturated rings. The highest BCUT2D eigenvalue weighted by Gasteiger charge is 2.16. The molecule has 3 nitrogen and oxygen atoms in total. The van der Waals surface area contributed by atoms with Gasteiger partial charge in [-0.25, -0.2) is 0 Å². The van der Waals surface area contributed by atoms with Crippen LogP contribution in [0.5, 0.6) is 5.75 Å². The number of carbonyl (C=O) groups is 1. The first-order valence-corrected chi connectivity index (χ1v) is 8.82. The Morgan fingerprint density at radius 2 is 1.65 bits per heavy atom. The number of carbonyl (C=O) groups excluding carboxylic acids is 1. The molecule has 0 aliphatic rings. The number of anilines is 1. The molecule has 3 rings (SSSR count). The lowest BCUT2D eigenvalue weighted by molar-refractivity contribution is 0.0988. The summed E-state index contributed by atoms with van der Waals surface area (Å²) in [6.07, 6.45) is 0. The first-order chi connectivity index (χ1) is 12.7. The Morgan fingerprint density at radius 1 is 0.923 bits per heavy atom. The molecule has 3 aromatic carbocycles. The van der Waals surface area contributed by atoms with Gasteiger partial charge in [-0.3, -0.25) is 4.79 Å². The maximum atomic E-state index is 12.9. The van der Waals surface area contributed by atoms with E-state index >= 15 is 0 Å². The molecule has 1 amide bonds. The number of aryl methyl sites for hydroxylation is 1. The number of hydrogen-bond donors (Lipinski definition) is 0. The van der Waals surface area contributed by atoms with E-state index in [0.717, 1.165) is 22.6 Å². The van der Waals surface area contributed by atoms with Crippen LogP contribution in [0.2, 0.25) is 0 Å². The smallest absolute Gasteiger partial charge is 0.258 e. The molecule has 0 spiro atoms. The third kappa shape index (κ3) is 4.31. The van der Waals surface area contributed by atoms with E-state index in [2.05, 4.69) is 0 Å². The third-order valence-corrected chi connectivity index (χ3v) is 4.22. The fraction of sp³-hybridized carbons (Fsp3) is 0.174. The standard InChI is InChI=1S/C23H23NO2/c1-3-24(21-11-7-8-18(2)16-21)23(25)20-12-14-22(15-13-20)26-17-19-9-5-4-6-10-19/h4-16H,3,17H2,1-2H3. The van der Waals surface area contributed by atoms with E-state index in [-0.39, 0.29) is 5.91 Å². The fourth-order valence-electron chi connectivity index (χ4n) is 2.83. The van der Waals surface area contributed by atoms with Crippen molar-refractivity contribution in [3.05, 3.63) is 95.6 Å². The average Bonchev–Trinajstić information content (AvgIpc) is 2.68. The van der Waals surface area contributed by atoms with Crippen LogP contribution in [0.4, 0.5) is 5.69 Å². The van der Waals surface area contributed by atoms with Crippen LogP contribution in [0.1, 0.15) is 28.4 Å². The third-order valence-electron chi connectivity index (χ3n) is 4.22. The van der Waals surface area contributed by atoms with Crippen LogP contribution < -0.4 is 9.64 Å².